The number of hydrogen-bond acceptors (Lipinski definition) is 3. The molecule has 0 unspecified atom stereocenters. The van der Waals surface area contributed by atoms with E-state index < -0.39 is 0 Å². The van der Waals surface area contributed by atoms with E-state index in [9.17, 15) is 4.79 Å². The van der Waals surface area contributed by atoms with Crippen molar-refractivity contribution in [2.24, 2.45) is 0 Å². The highest BCUT2D eigenvalue weighted by Crippen LogP contribution is 2.25. The standard InChI is InChI=1S/C10H11Br2NO2/c1-2-15-10(14)6-13-9-4-3-7(11)5-8(9)12/h3-5,13H,2,6H2,1H3. The lowest BCUT2D eigenvalue weighted by Crippen LogP contribution is -2.16. The molecule has 0 aromatic heterocycles. The van der Waals surface area contributed by atoms with Gasteiger partial charge in [-0.25, -0.2) is 0 Å². The highest BCUT2D eigenvalue weighted by molar-refractivity contribution is 9.11. The minimum Gasteiger partial charge on any atom is -0.465 e. The van der Waals surface area contributed by atoms with Gasteiger partial charge in [-0.1, -0.05) is 15.9 Å². The zero-order valence-corrected chi connectivity index (χ0v) is 11.4. The van der Waals surface area contributed by atoms with Gasteiger partial charge in [0.1, 0.15) is 6.54 Å². The third-order valence-corrected chi connectivity index (χ3v) is 2.81. The zero-order chi connectivity index (χ0) is 11.3. The van der Waals surface area contributed by atoms with Gasteiger partial charge in [-0.2, -0.15) is 0 Å². The van der Waals surface area contributed by atoms with Crippen LogP contribution in [-0.4, -0.2) is 19.1 Å². The van der Waals surface area contributed by atoms with Gasteiger partial charge >= 0.3 is 5.97 Å². The van der Waals surface area contributed by atoms with Gasteiger partial charge in [-0.3, -0.25) is 4.79 Å². The number of rotatable bonds is 4. The van der Waals surface area contributed by atoms with Crippen LogP contribution in [0.2, 0.25) is 0 Å². The Bertz CT molecular complexity index is 355. The van der Waals surface area contributed by atoms with E-state index in [2.05, 4.69) is 37.2 Å². The molecule has 0 saturated carbocycles. The minimum absolute atomic E-state index is 0.175. The van der Waals surface area contributed by atoms with E-state index in [1.807, 2.05) is 18.2 Å². The van der Waals surface area contributed by atoms with Crippen LogP contribution >= 0.6 is 31.9 Å². The molecule has 1 aromatic carbocycles. The quantitative estimate of drug-likeness (QED) is 0.858. The number of benzene rings is 1. The van der Waals surface area contributed by atoms with Crippen LogP contribution in [0, 0.1) is 0 Å². The molecule has 0 aliphatic rings. The number of carbonyl (C=O) groups is 1. The Labute approximate surface area is 105 Å². The van der Waals surface area contributed by atoms with E-state index in [0.29, 0.717) is 6.61 Å². The van der Waals surface area contributed by atoms with Crippen LogP contribution in [0.15, 0.2) is 27.1 Å². The van der Waals surface area contributed by atoms with E-state index >= 15 is 0 Å². The van der Waals surface area contributed by atoms with Gasteiger partial charge in [-0.15, -0.1) is 0 Å². The van der Waals surface area contributed by atoms with Crippen LogP contribution in [-0.2, 0) is 9.53 Å². The van der Waals surface area contributed by atoms with Crippen molar-refractivity contribution in [3.8, 4) is 0 Å². The molecule has 0 heterocycles. The lowest BCUT2D eigenvalue weighted by Gasteiger charge is -2.08. The molecule has 0 saturated heterocycles. The van der Waals surface area contributed by atoms with Gasteiger partial charge in [0.25, 0.3) is 0 Å². The van der Waals surface area contributed by atoms with Crippen molar-refractivity contribution in [1.29, 1.82) is 0 Å². The molecular weight excluding hydrogens is 326 g/mol. The van der Waals surface area contributed by atoms with Crippen molar-refractivity contribution in [3.05, 3.63) is 27.1 Å². The van der Waals surface area contributed by atoms with Crippen molar-refractivity contribution < 1.29 is 9.53 Å². The van der Waals surface area contributed by atoms with E-state index in [-0.39, 0.29) is 12.5 Å². The second-order valence-electron chi connectivity index (χ2n) is 2.78. The fraction of sp³-hybridized carbons (Fsp3) is 0.300. The summed E-state index contributed by atoms with van der Waals surface area (Å²) in [4.78, 5) is 11.1. The molecule has 1 N–H and O–H groups in total. The van der Waals surface area contributed by atoms with Crippen molar-refractivity contribution in [3.63, 3.8) is 0 Å². The average molecular weight is 337 g/mol. The summed E-state index contributed by atoms with van der Waals surface area (Å²) in [6, 6.07) is 5.69. The van der Waals surface area contributed by atoms with Gasteiger partial charge in [0.05, 0.1) is 6.61 Å². The third kappa shape index (κ3) is 4.22. The minimum atomic E-state index is -0.257. The molecule has 15 heavy (non-hydrogen) atoms. The second-order valence-corrected chi connectivity index (χ2v) is 4.55. The summed E-state index contributed by atoms with van der Waals surface area (Å²) in [7, 11) is 0. The van der Waals surface area contributed by atoms with Crippen molar-refractivity contribution in [2.45, 2.75) is 6.92 Å². The van der Waals surface area contributed by atoms with E-state index in [1.165, 1.54) is 0 Å². The molecule has 3 nitrogen and oxygen atoms in total. The van der Waals surface area contributed by atoms with Gasteiger partial charge in [0.15, 0.2) is 0 Å². The summed E-state index contributed by atoms with van der Waals surface area (Å²) in [5.74, 6) is -0.257. The van der Waals surface area contributed by atoms with Gasteiger partial charge < -0.3 is 10.1 Å². The highest BCUT2D eigenvalue weighted by atomic mass is 79.9. The Hall–Kier alpha value is -0.550. The first-order valence-corrected chi connectivity index (χ1v) is 6.06. The molecule has 0 radical (unpaired) electrons. The largest absolute Gasteiger partial charge is 0.465 e. The molecule has 1 rings (SSSR count). The van der Waals surface area contributed by atoms with Crippen molar-refractivity contribution in [2.75, 3.05) is 18.5 Å². The van der Waals surface area contributed by atoms with Gasteiger partial charge in [0.2, 0.25) is 0 Å². The first-order chi connectivity index (χ1) is 7.13. The summed E-state index contributed by atoms with van der Waals surface area (Å²) in [6.45, 7) is 2.36. The van der Waals surface area contributed by atoms with Crippen LogP contribution in [0.4, 0.5) is 5.69 Å². The van der Waals surface area contributed by atoms with E-state index in [1.54, 1.807) is 6.92 Å². The molecule has 0 atom stereocenters. The van der Waals surface area contributed by atoms with Crippen LogP contribution in [0.3, 0.4) is 0 Å². The van der Waals surface area contributed by atoms with Crippen LogP contribution < -0.4 is 5.32 Å². The smallest absolute Gasteiger partial charge is 0.325 e. The Morgan fingerprint density at radius 2 is 2.20 bits per heavy atom. The monoisotopic (exact) mass is 335 g/mol. The first kappa shape index (κ1) is 12.5. The fourth-order valence-corrected chi connectivity index (χ4v) is 2.20. The van der Waals surface area contributed by atoms with E-state index in [0.717, 1.165) is 14.6 Å². The van der Waals surface area contributed by atoms with Crippen LogP contribution in [0.5, 0.6) is 0 Å². The van der Waals surface area contributed by atoms with Gasteiger partial charge in [0, 0.05) is 14.6 Å². The Morgan fingerprint density at radius 3 is 2.80 bits per heavy atom. The Balaban J connectivity index is 2.54. The second kappa shape index (κ2) is 6.12. The molecular formula is C10H11Br2NO2. The third-order valence-electron chi connectivity index (χ3n) is 1.66. The van der Waals surface area contributed by atoms with Crippen molar-refractivity contribution in [1.82, 2.24) is 0 Å². The lowest BCUT2D eigenvalue weighted by atomic mass is 10.3. The Morgan fingerprint density at radius 1 is 1.47 bits per heavy atom. The lowest BCUT2D eigenvalue weighted by molar-refractivity contribution is -0.140. The molecule has 0 aliphatic carbocycles. The summed E-state index contributed by atoms with van der Waals surface area (Å²) < 4.78 is 6.69. The molecule has 0 spiro atoms. The SMILES string of the molecule is CCOC(=O)CNc1ccc(Br)cc1Br. The number of carbonyl (C=O) groups excluding carboxylic acids is 1. The maximum Gasteiger partial charge on any atom is 0.325 e. The Kier molecular flexibility index (Phi) is 5.11. The summed E-state index contributed by atoms with van der Waals surface area (Å²) in [5.41, 5.74) is 0.867. The molecule has 0 bridgehead atoms. The molecule has 0 aliphatic heterocycles. The number of ether oxygens (including phenoxy) is 1. The number of halogens is 2. The first-order valence-electron chi connectivity index (χ1n) is 4.48. The summed E-state index contributed by atoms with van der Waals surface area (Å²) in [6.07, 6.45) is 0. The topological polar surface area (TPSA) is 38.3 Å². The number of hydrogen-bond donors (Lipinski definition) is 1. The highest BCUT2D eigenvalue weighted by Gasteiger charge is 2.03. The molecule has 1 aromatic rings. The molecule has 5 heteroatoms. The van der Waals surface area contributed by atoms with Crippen LogP contribution in [0.25, 0.3) is 0 Å². The predicted octanol–water partition coefficient (Wildman–Crippen LogP) is 3.19. The number of nitrogens with one attached hydrogen (secondary N) is 1. The summed E-state index contributed by atoms with van der Waals surface area (Å²) >= 11 is 6.74. The van der Waals surface area contributed by atoms with E-state index in [4.69, 9.17) is 4.74 Å². The maximum absolute atomic E-state index is 11.1. The average Bonchev–Trinajstić information content (AvgIpc) is 2.17. The predicted molar refractivity (Wildman–Crippen MR) is 67.0 cm³/mol. The maximum atomic E-state index is 11.1. The summed E-state index contributed by atoms with van der Waals surface area (Å²) in [5, 5.41) is 2.98. The van der Waals surface area contributed by atoms with Crippen molar-refractivity contribution >= 4 is 43.5 Å². The number of esters is 1. The molecule has 0 amide bonds. The number of anilines is 1. The zero-order valence-electron chi connectivity index (χ0n) is 8.22. The van der Waals surface area contributed by atoms with Crippen LogP contribution in [0.1, 0.15) is 6.92 Å². The van der Waals surface area contributed by atoms with Gasteiger partial charge in [-0.05, 0) is 41.1 Å². The normalized spacial score (nSPS) is 9.80. The fourth-order valence-electron chi connectivity index (χ4n) is 1.01. The molecule has 0 fully saturated rings. The molecule has 82 valence electrons.